The number of aromatic nitrogens is 1. The van der Waals surface area contributed by atoms with E-state index in [4.69, 9.17) is 0 Å². The molecule has 1 aromatic heterocycles. The number of anilines is 1. The van der Waals surface area contributed by atoms with Crippen LogP contribution in [0.5, 0.6) is 0 Å². The van der Waals surface area contributed by atoms with E-state index in [0.29, 0.717) is 11.3 Å². The second kappa shape index (κ2) is 7.07. The van der Waals surface area contributed by atoms with E-state index < -0.39 is 15.8 Å². The van der Waals surface area contributed by atoms with Crippen molar-refractivity contribution in [2.24, 2.45) is 0 Å². The lowest BCUT2D eigenvalue weighted by Crippen LogP contribution is -2.13. The SMILES string of the molecule is O=C(Nc1nc(-c2ccc([N+](=O)[O-])cc2)cs1)c1ccccc1[N+](=O)[O-]. The van der Waals surface area contributed by atoms with Gasteiger partial charge in [-0.2, -0.15) is 0 Å². The van der Waals surface area contributed by atoms with E-state index in [1.54, 1.807) is 17.5 Å². The Morgan fingerprint density at radius 1 is 1.00 bits per heavy atom. The predicted molar refractivity (Wildman–Crippen MR) is 95.3 cm³/mol. The van der Waals surface area contributed by atoms with Crippen molar-refractivity contribution in [2.75, 3.05) is 5.32 Å². The quantitative estimate of drug-likeness (QED) is 0.536. The summed E-state index contributed by atoms with van der Waals surface area (Å²) in [6.07, 6.45) is 0. The lowest BCUT2D eigenvalue weighted by Gasteiger charge is -2.02. The van der Waals surface area contributed by atoms with E-state index in [9.17, 15) is 25.0 Å². The highest BCUT2D eigenvalue weighted by Crippen LogP contribution is 2.27. The minimum Gasteiger partial charge on any atom is -0.298 e. The first-order valence-corrected chi connectivity index (χ1v) is 8.09. The summed E-state index contributed by atoms with van der Waals surface area (Å²) in [7, 11) is 0. The highest BCUT2D eigenvalue weighted by Gasteiger charge is 2.20. The molecule has 0 radical (unpaired) electrons. The number of nitrogens with zero attached hydrogens (tertiary/aromatic N) is 3. The maximum Gasteiger partial charge on any atom is 0.282 e. The Hall–Kier alpha value is -3.66. The first-order chi connectivity index (χ1) is 12.5. The van der Waals surface area contributed by atoms with Crippen molar-refractivity contribution < 1.29 is 14.6 Å². The van der Waals surface area contributed by atoms with Gasteiger partial charge in [0.15, 0.2) is 5.13 Å². The van der Waals surface area contributed by atoms with Gasteiger partial charge >= 0.3 is 0 Å². The molecule has 1 heterocycles. The third-order valence-corrected chi connectivity index (χ3v) is 4.20. The van der Waals surface area contributed by atoms with E-state index in [2.05, 4.69) is 10.3 Å². The summed E-state index contributed by atoms with van der Waals surface area (Å²) in [5.74, 6) is -0.637. The van der Waals surface area contributed by atoms with Crippen molar-refractivity contribution >= 4 is 33.8 Å². The molecule has 0 bridgehead atoms. The van der Waals surface area contributed by atoms with E-state index in [-0.39, 0.29) is 22.1 Å². The number of carbonyl (C=O) groups is 1. The summed E-state index contributed by atoms with van der Waals surface area (Å²) in [6, 6.07) is 11.5. The zero-order valence-corrected chi connectivity index (χ0v) is 13.8. The third kappa shape index (κ3) is 3.54. The van der Waals surface area contributed by atoms with Crippen LogP contribution >= 0.6 is 11.3 Å². The number of non-ortho nitro benzene ring substituents is 1. The lowest BCUT2D eigenvalue weighted by molar-refractivity contribution is -0.385. The second-order valence-corrected chi connectivity index (χ2v) is 5.93. The topological polar surface area (TPSA) is 128 Å². The Balaban J connectivity index is 1.79. The molecule has 0 aliphatic rings. The summed E-state index contributed by atoms with van der Waals surface area (Å²) in [4.78, 5) is 37.1. The van der Waals surface area contributed by atoms with Gasteiger partial charge in [0, 0.05) is 29.1 Å². The number of benzene rings is 2. The monoisotopic (exact) mass is 370 g/mol. The van der Waals surface area contributed by atoms with Crippen molar-refractivity contribution in [2.45, 2.75) is 0 Å². The summed E-state index contributed by atoms with van der Waals surface area (Å²) in [6.45, 7) is 0. The highest BCUT2D eigenvalue weighted by atomic mass is 32.1. The zero-order chi connectivity index (χ0) is 18.7. The number of nitro groups is 2. The van der Waals surface area contributed by atoms with E-state index in [1.165, 1.54) is 36.4 Å². The van der Waals surface area contributed by atoms with Crippen molar-refractivity contribution in [1.29, 1.82) is 0 Å². The number of nitro benzene ring substituents is 2. The molecule has 0 aliphatic heterocycles. The van der Waals surface area contributed by atoms with E-state index in [0.717, 1.165) is 11.3 Å². The second-order valence-electron chi connectivity index (χ2n) is 5.07. The van der Waals surface area contributed by atoms with E-state index >= 15 is 0 Å². The van der Waals surface area contributed by atoms with Crippen LogP contribution in [0.4, 0.5) is 16.5 Å². The molecule has 0 spiro atoms. The predicted octanol–water partition coefficient (Wildman–Crippen LogP) is 3.88. The molecule has 3 aromatic rings. The number of carbonyl (C=O) groups excluding carboxylic acids is 1. The van der Waals surface area contributed by atoms with Gasteiger partial charge in [-0.25, -0.2) is 4.98 Å². The Bertz CT molecular complexity index is 1000. The summed E-state index contributed by atoms with van der Waals surface area (Å²) in [5.41, 5.74) is 0.788. The van der Waals surface area contributed by atoms with Crippen LogP contribution in [0.15, 0.2) is 53.9 Å². The fraction of sp³-hybridized carbons (Fsp3) is 0. The zero-order valence-electron chi connectivity index (χ0n) is 13.0. The van der Waals surface area contributed by atoms with Crippen LogP contribution in [0.3, 0.4) is 0 Å². The van der Waals surface area contributed by atoms with Gasteiger partial charge in [0.25, 0.3) is 17.3 Å². The molecule has 9 nitrogen and oxygen atoms in total. The van der Waals surface area contributed by atoms with Crippen LogP contribution in [-0.2, 0) is 0 Å². The van der Waals surface area contributed by atoms with Gasteiger partial charge in [-0.05, 0) is 18.2 Å². The number of thiazole rings is 1. The van der Waals surface area contributed by atoms with Crippen molar-refractivity contribution in [1.82, 2.24) is 4.98 Å². The molecule has 0 atom stereocenters. The maximum absolute atomic E-state index is 12.3. The van der Waals surface area contributed by atoms with Crippen LogP contribution in [0, 0.1) is 20.2 Å². The average molecular weight is 370 g/mol. The molecule has 10 heteroatoms. The summed E-state index contributed by atoms with van der Waals surface area (Å²) < 4.78 is 0. The molecule has 2 aromatic carbocycles. The minimum atomic E-state index is -0.637. The van der Waals surface area contributed by atoms with Crippen molar-refractivity contribution in [3.63, 3.8) is 0 Å². The van der Waals surface area contributed by atoms with Gasteiger partial charge < -0.3 is 0 Å². The summed E-state index contributed by atoms with van der Waals surface area (Å²) in [5, 5.41) is 26.2. The van der Waals surface area contributed by atoms with Crippen molar-refractivity contribution in [3.8, 4) is 11.3 Å². The molecular weight excluding hydrogens is 360 g/mol. The third-order valence-electron chi connectivity index (χ3n) is 3.44. The Morgan fingerprint density at radius 2 is 1.69 bits per heavy atom. The number of amides is 1. The lowest BCUT2D eigenvalue weighted by atomic mass is 10.1. The summed E-state index contributed by atoms with van der Waals surface area (Å²) >= 11 is 1.15. The van der Waals surface area contributed by atoms with Crippen LogP contribution in [-0.4, -0.2) is 20.7 Å². The van der Waals surface area contributed by atoms with Crippen LogP contribution in [0.2, 0.25) is 0 Å². The van der Waals surface area contributed by atoms with Gasteiger partial charge in [0.2, 0.25) is 0 Å². The first kappa shape index (κ1) is 17.2. The van der Waals surface area contributed by atoms with Gasteiger partial charge in [-0.15, -0.1) is 11.3 Å². The Labute approximate surface area is 150 Å². The average Bonchev–Trinajstić information content (AvgIpc) is 3.10. The molecule has 0 saturated heterocycles. The van der Waals surface area contributed by atoms with Gasteiger partial charge in [-0.3, -0.25) is 30.3 Å². The van der Waals surface area contributed by atoms with Crippen molar-refractivity contribution in [3.05, 3.63) is 79.7 Å². The maximum atomic E-state index is 12.3. The van der Waals surface area contributed by atoms with Gasteiger partial charge in [0.05, 0.1) is 15.5 Å². The highest BCUT2D eigenvalue weighted by molar-refractivity contribution is 7.14. The van der Waals surface area contributed by atoms with Crippen LogP contribution < -0.4 is 5.32 Å². The molecule has 1 amide bonds. The molecule has 1 N–H and O–H groups in total. The molecule has 3 rings (SSSR count). The fourth-order valence-corrected chi connectivity index (χ4v) is 2.92. The van der Waals surface area contributed by atoms with Crippen LogP contribution in [0.25, 0.3) is 11.3 Å². The number of nitrogens with one attached hydrogen (secondary N) is 1. The first-order valence-electron chi connectivity index (χ1n) is 7.21. The minimum absolute atomic E-state index is 0.0334. The Morgan fingerprint density at radius 3 is 2.35 bits per heavy atom. The fourth-order valence-electron chi connectivity index (χ4n) is 2.21. The molecule has 130 valence electrons. The molecule has 0 aliphatic carbocycles. The molecule has 0 unspecified atom stereocenters. The molecule has 26 heavy (non-hydrogen) atoms. The number of hydrogen-bond acceptors (Lipinski definition) is 7. The van der Waals surface area contributed by atoms with Gasteiger partial charge in [-0.1, -0.05) is 12.1 Å². The normalized spacial score (nSPS) is 10.3. The standard InChI is InChI=1S/C16H10N4O5S/c21-15(12-3-1-2-4-14(12)20(24)25)18-16-17-13(9-26-16)10-5-7-11(8-6-10)19(22)23/h1-9H,(H,17,18,21). The largest absolute Gasteiger partial charge is 0.298 e. The number of rotatable bonds is 5. The Kier molecular flexibility index (Phi) is 4.67. The van der Waals surface area contributed by atoms with E-state index in [1.807, 2.05) is 0 Å². The smallest absolute Gasteiger partial charge is 0.282 e. The number of hydrogen-bond donors (Lipinski definition) is 1. The van der Waals surface area contributed by atoms with Crippen LogP contribution in [0.1, 0.15) is 10.4 Å². The van der Waals surface area contributed by atoms with Gasteiger partial charge in [0.1, 0.15) is 5.56 Å². The molecular formula is C16H10N4O5S. The molecule has 0 fully saturated rings. The number of para-hydroxylation sites is 1. The molecule has 0 saturated carbocycles.